The van der Waals surface area contributed by atoms with Crippen molar-refractivity contribution in [3.8, 4) is 22.8 Å². The van der Waals surface area contributed by atoms with Gasteiger partial charge < -0.3 is 19.9 Å². The second-order valence-electron chi connectivity index (χ2n) is 13.0. The normalized spacial score (nSPS) is 19.8. The summed E-state index contributed by atoms with van der Waals surface area (Å²) in [6.45, 7) is 8.92. The van der Waals surface area contributed by atoms with E-state index in [1.54, 1.807) is 4.90 Å². The number of amides is 2. The standard InChI is InChI=1S/C35H42FN5O3/c1-22(2)31-11-12-32(39-38-31)24-7-9-28(10-8-24)44-33-19-29(30(36)18-25(33)21-41-20-23(3)17-34(41)42)35(43)37-26-13-15-40(16-14-26)27-5-4-6-27/h7-12,18-19,22-23,26-27H,4-6,13-17,20-21H2,1-3H3,(H,37,43). The minimum Gasteiger partial charge on any atom is -0.457 e. The number of hydrogen-bond donors (Lipinski definition) is 1. The number of likely N-dealkylation sites (tertiary alicyclic amines) is 2. The minimum absolute atomic E-state index is 0.0104. The van der Waals surface area contributed by atoms with Crippen molar-refractivity contribution in [2.45, 2.75) is 83.8 Å². The summed E-state index contributed by atoms with van der Waals surface area (Å²) < 4.78 is 21.8. The second-order valence-corrected chi connectivity index (χ2v) is 13.0. The van der Waals surface area contributed by atoms with Gasteiger partial charge in [0, 0.05) is 55.8 Å². The molecule has 1 atom stereocenters. The molecule has 3 heterocycles. The van der Waals surface area contributed by atoms with E-state index in [1.807, 2.05) is 43.3 Å². The van der Waals surface area contributed by atoms with Crippen LogP contribution in [0.5, 0.6) is 11.5 Å². The molecule has 0 spiro atoms. The highest BCUT2D eigenvalue weighted by molar-refractivity contribution is 5.95. The van der Waals surface area contributed by atoms with E-state index in [2.05, 4.69) is 34.3 Å². The highest BCUT2D eigenvalue weighted by Crippen LogP contribution is 2.33. The highest BCUT2D eigenvalue weighted by atomic mass is 19.1. The molecular weight excluding hydrogens is 557 g/mol. The molecule has 1 aliphatic carbocycles. The molecule has 6 rings (SSSR count). The first-order chi connectivity index (χ1) is 21.2. The zero-order valence-electron chi connectivity index (χ0n) is 25.9. The van der Waals surface area contributed by atoms with Crippen LogP contribution >= 0.6 is 0 Å². The summed E-state index contributed by atoms with van der Waals surface area (Å²) >= 11 is 0. The highest BCUT2D eigenvalue weighted by Gasteiger charge is 2.31. The third-order valence-corrected chi connectivity index (χ3v) is 9.27. The maximum atomic E-state index is 15.5. The molecule has 2 aromatic carbocycles. The van der Waals surface area contributed by atoms with E-state index in [9.17, 15) is 9.59 Å². The van der Waals surface area contributed by atoms with Crippen molar-refractivity contribution in [2.24, 2.45) is 5.92 Å². The Balaban J connectivity index is 1.20. The quantitative estimate of drug-likeness (QED) is 0.310. The van der Waals surface area contributed by atoms with Gasteiger partial charge in [0.25, 0.3) is 5.91 Å². The molecule has 1 N–H and O–H groups in total. The van der Waals surface area contributed by atoms with Crippen LogP contribution in [0.1, 0.15) is 86.8 Å². The van der Waals surface area contributed by atoms with Crippen molar-refractivity contribution in [2.75, 3.05) is 19.6 Å². The smallest absolute Gasteiger partial charge is 0.254 e. The van der Waals surface area contributed by atoms with Crippen molar-refractivity contribution < 1.29 is 18.7 Å². The fourth-order valence-corrected chi connectivity index (χ4v) is 6.36. The van der Waals surface area contributed by atoms with E-state index in [-0.39, 0.29) is 30.0 Å². The van der Waals surface area contributed by atoms with Crippen LogP contribution < -0.4 is 10.1 Å². The van der Waals surface area contributed by atoms with Crippen LogP contribution in [-0.2, 0) is 11.3 Å². The fourth-order valence-electron chi connectivity index (χ4n) is 6.36. The molecule has 1 saturated carbocycles. The zero-order valence-corrected chi connectivity index (χ0v) is 25.9. The summed E-state index contributed by atoms with van der Waals surface area (Å²) in [4.78, 5) is 30.2. The largest absolute Gasteiger partial charge is 0.457 e. The number of ether oxygens (including phenoxy) is 1. The van der Waals surface area contributed by atoms with Crippen molar-refractivity contribution in [1.29, 1.82) is 0 Å². The molecule has 2 amide bonds. The van der Waals surface area contributed by atoms with Crippen molar-refractivity contribution in [3.63, 3.8) is 0 Å². The molecule has 232 valence electrons. The number of aromatic nitrogens is 2. The number of hydrogen-bond acceptors (Lipinski definition) is 6. The SMILES string of the molecule is CC1CC(=O)N(Cc2cc(F)c(C(=O)NC3CCN(C4CCC4)CC3)cc2Oc2ccc(-c3ccc(C(C)C)nn3)cc2)C1. The molecule has 0 radical (unpaired) electrons. The topological polar surface area (TPSA) is 87.7 Å². The Bertz CT molecular complexity index is 1480. The molecule has 44 heavy (non-hydrogen) atoms. The van der Waals surface area contributed by atoms with Crippen molar-refractivity contribution in [3.05, 3.63) is 71.2 Å². The van der Waals surface area contributed by atoms with Gasteiger partial charge in [-0.15, -0.1) is 0 Å². The van der Waals surface area contributed by atoms with E-state index in [1.165, 1.54) is 31.4 Å². The Kier molecular flexibility index (Phi) is 8.93. The molecule has 2 aliphatic heterocycles. The van der Waals surface area contributed by atoms with Crippen LogP contribution in [0.15, 0.2) is 48.5 Å². The summed E-state index contributed by atoms with van der Waals surface area (Å²) in [6, 6.07) is 14.9. The van der Waals surface area contributed by atoms with E-state index in [0.29, 0.717) is 42.0 Å². The number of nitrogens with zero attached hydrogens (tertiary/aromatic N) is 4. The number of halogens is 1. The first-order valence-corrected chi connectivity index (χ1v) is 16.0. The lowest BCUT2D eigenvalue weighted by Gasteiger charge is -2.41. The Morgan fingerprint density at radius 1 is 1.05 bits per heavy atom. The minimum atomic E-state index is -0.616. The van der Waals surface area contributed by atoms with Crippen LogP contribution in [0.3, 0.4) is 0 Å². The number of rotatable bonds is 9. The van der Waals surface area contributed by atoms with Crippen LogP contribution in [0, 0.1) is 11.7 Å². The van der Waals surface area contributed by atoms with Gasteiger partial charge in [0.1, 0.15) is 17.3 Å². The molecule has 3 aliphatic rings. The molecule has 1 aromatic heterocycles. The predicted molar refractivity (Wildman–Crippen MR) is 167 cm³/mol. The Morgan fingerprint density at radius 2 is 1.80 bits per heavy atom. The van der Waals surface area contributed by atoms with Gasteiger partial charge in [0.05, 0.1) is 17.0 Å². The van der Waals surface area contributed by atoms with E-state index in [0.717, 1.165) is 42.9 Å². The van der Waals surface area contributed by atoms with E-state index in [4.69, 9.17) is 4.74 Å². The third-order valence-electron chi connectivity index (χ3n) is 9.27. The maximum Gasteiger partial charge on any atom is 0.254 e. The number of carbonyl (C=O) groups excluding carboxylic acids is 2. The van der Waals surface area contributed by atoms with Crippen LogP contribution in [0.25, 0.3) is 11.3 Å². The van der Waals surface area contributed by atoms with Gasteiger partial charge in [-0.1, -0.05) is 27.2 Å². The van der Waals surface area contributed by atoms with Crippen LogP contribution in [-0.4, -0.2) is 63.5 Å². The van der Waals surface area contributed by atoms with Gasteiger partial charge >= 0.3 is 0 Å². The Labute approximate surface area is 259 Å². The Morgan fingerprint density at radius 3 is 2.39 bits per heavy atom. The average Bonchev–Trinajstić information content (AvgIpc) is 3.30. The molecule has 9 heteroatoms. The molecular formula is C35H42FN5O3. The first kappa shape index (κ1) is 30.2. The molecule has 2 saturated heterocycles. The molecule has 0 bridgehead atoms. The fraction of sp³-hybridized carbons (Fsp3) is 0.486. The third kappa shape index (κ3) is 6.78. The van der Waals surface area contributed by atoms with Gasteiger partial charge in [-0.2, -0.15) is 10.2 Å². The van der Waals surface area contributed by atoms with Crippen LogP contribution in [0.2, 0.25) is 0 Å². The van der Waals surface area contributed by atoms with Crippen LogP contribution in [0.4, 0.5) is 4.39 Å². The first-order valence-electron chi connectivity index (χ1n) is 16.0. The molecule has 8 nitrogen and oxygen atoms in total. The number of carbonyl (C=O) groups is 2. The summed E-state index contributed by atoms with van der Waals surface area (Å²) in [6.07, 6.45) is 6.02. The summed E-state index contributed by atoms with van der Waals surface area (Å²) in [5.41, 5.74) is 3.04. The van der Waals surface area contributed by atoms with E-state index < -0.39 is 11.7 Å². The number of benzene rings is 2. The van der Waals surface area contributed by atoms with Crippen molar-refractivity contribution >= 4 is 11.8 Å². The average molecular weight is 600 g/mol. The Hall–Kier alpha value is -3.85. The van der Waals surface area contributed by atoms with Crippen molar-refractivity contribution in [1.82, 2.24) is 25.3 Å². The van der Waals surface area contributed by atoms with Gasteiger partial charge in [0.2, 0.25) is 5.91 Å². The van der Waals surface area contributed by atoms with Gasteiger partial charge in [0.15, 0.2) is 0 Å². The van der Waals surface area contributed by atoms with E-state index >= 15 is 4.39 Å². The van der Waals surface area contributed by atoms with Gasteiger partial charge in [-0.05, 0) is 86.1 Å². The lowest BCUT2D eigenvalue weighted by Crippen LogP contribution is -2.49. The van der Waals surface area contributed by atoms with Gasteiger partial charge in [-0.25, -0.2) is 4.39 Å². The zero-order chi connectivity index (χ0) is 30.8. The molecule has 1 unspecified atom stereocenters. The predicted octanol–water partition coefficient (Wildman–Crippen LogP) is 6.31. The number of nitrogens with one attached hydrogen (secondary N) is 1. The van der Waals surface area contributed by atoms with Gasteiger partial charge in [-0.3, -0.25) is 9.59 Å². The summed E-state index contributed by atoms with van der Waals surface area (Å²) in [7, 11) is 0. The maximum absolute atomic E-state index is 15.5. The summed E-state index contributed by atoms with van der Waals surface area (Å²) in [5.74, 6) is 0.409. The molecule has 3 fully saturated rings. The second kappa shape index (κ2) is 13.0. The lowest BCUT2D eigenvalue weighted by molar-refractivity contribution is -0.128. The monoisotopic (exact) mass is 599 g/mol. The molecule has 3 aromatic rings. The lowest BCUT2D eigenvalue weighted by atomic mass is 9.89. The number of piperidine rings is 1. The summed E-state index contributed by atoms with van der Waals surface area (Å²) in [5, 5.41) is 11.7.